The summed E-state index contributed by atoms with van der Waals surface area (Å²) in [5.41, 5.74) is 2.65. The number of aryl methyl sites for hydroxylation is 1. The first-order chi connectivity index (χ1) is 16.1. The van der Waals surface area contributed by atoms with Crippen LogP contribution in [0.1, 0.15) is 23.3 Å². The zero-order valence-electron chi connectivity index (χ0n) is 18.5. The number of amides is 1. The Balaban J connectivity index is 1.33. The number of nitrogens with one attached hydrogen (secondary N) is 1. The van der Waals surface area contributed by atoms with Gasteiger partial charge in [0.1, 0.15) is 4.70 Å². The molecule has 4 aromatic rings. The van der Waals surface area contributed by atoms with Crippen molar-refractivity contribution in [2.75, 3.05) is 24.5 Å². The van der Waals surface area contributed by atoms with Gasteiger partial charge >= 0.3 is 0 Å². The number of thiophene rings is 2. The molecule has 6 nitrogen and oxygen atoms in total. The summed E-state index contributed by atoms with van der Waals surface area (Å²) in [6.45, 7) is 4.08. The largest absolute Gasteiger partial charge is 0.355 e. The predicted octanol–water partition coefficient (Wildman–Crippen LogP) is 4.39. The molecule has 1 fully saturated rings. The monoisotopic (exact) mass is 478 g/mol. The number of rotatable bonds is 6. The van der Waals surface area contributed by atoms with Crippen LogP contribution in [0.2, 0.25) is 0 Å². The molecule has 1 amide bonds. The minimum atomic E-state index is -0.0395. The zero-order valence-corrected chi connectivity index (χ0v) is 20.1. The van der Waals surface area contributed by atoms with Crippen molar-refractivity contribution in [3.05, 3.63) is 74.0 Å². The van der Waals surface area contributed by atoms with Crippen LogP contribution in [-0.2, 0) is 11.2 Å². The molecule has 33 heavy (non-hydrogen) atoms. The van der Waals surface area contributed by atoms with E-state index in [9.17, 15) is 9.59 Å². The summed E-state index contributed by atoms with van der Waals surface area (Å²) in [5.74, 6) is 0.781. The van der Waals surface area contributed by atoms with Crippen LogP contribution in [0.4, 0.5) is 5.95 Å². The Morgan fingerprint density at radius 2 is 1.88 bits per heavy atom. The molecule has 170 valence electrons. The quantitative estimate of drug-likeness (QED) is 0.446. The Bertz CT molecular complexity index is 1300. The average molecular weight is 479 g/mol. The molecule has 1 aliphatic rings. The van der Waals surface area contributed by atoms with Gasteiger partial charge in [0.05, 0.1) is 11.2 Å². The normalized spacial score (nSPS) is 14.6. The Morgan fingerprint density at radius 1 is 1.09 bits per heavy atom. The summed E-state index contributed by atoms with van der Waals surface area (Å²) in [4.78, 5) is 34.4. The van der Waals surface area contributed by atoms with E-state index in [0.29, 0.717) is 30.3 Å². The molecular weight excluding hydrogens is 452 g/mol. The molecule has 4 heterocycles. The molecule has 1 N–H and O–H groups in total. The van der Waals surface area contributed by atoms with Gasteiger partial charge in [-0.1, -0.05) is 23.8 Å². The number of hydrogen-bond donors (Lipinski definition) is 1. The van der Waals surface area contributed by atoms with Gasteiger partial charge in [0.2, 0.25) is 11.9 Å². The summed E-state index contributed by atoms with van der Waals surface area (Å²) < 4.78 is 2.39. The third-order valence-corrected chi connectivity index (χ3v) is 7.98. The summed E-state index contributed by atoms with van der Waals surface area (Å²) in [7, 11) is 0. The van der Waals surface area contributed by atoms with Gasteiger partial charge in [0.15, 0.2) is 0 Å². The fourth-order valence-electron chi connectivity index (χ4n) is 4.29. The van der Waals surface area contributed by atoms with E-state index in [1.54, 1.807) is 15.9 Å². The number of hydrogen-bond acceptors (Lipinski definition) is 6. The highest BCUT2D eigenvalue weighted by atomic mass is 32.1. The average Bonchev–Trinajstić information content (AvgIpc) is 3.52. The van der Waals surface area contributed by atoms with E-state index in [0.717, 1.165) is 36.0 Å². The first-order valence-corrected chi connectivity index (χ1v) is 13.0. The Hall–Kier alpha value is -2.97. The van der Waals surface area contributed by atoms with Gasteiger partial charge in [-0.25, -0.2) is 9.55 Å². The van der Waals surface area contributed by atoms with Crippen molar-refractivity contribution in [2.45, 2.75) is 26.2 Å². The smallest absolute Gasteiger partial charge is 0.277 e. The lowest BCUT2D eigenvalue weighted by Gasteiger charge is -2.33. The van der Waals surface area contributed by atoms with Crippen LogP contribution in [0.5, 0.6) is 0 Å². The fraction of sp³-hybridized carbons (Fsp3) is 0.320. The number of aromatic nitrogens is 2. The van der Waals surface area contributed by atoms with Gasteiger partial charge < -0.3 is 10.2 Å². The zero-order chi connectivity index (χ0) is 22.8. The highest BCUT2D eigenvalue weighted by Gasteiger charge is 2.28. The maximum atomic E-state index is 13.4. The molecule has 1 aromatic carbocycles. The predicted molar refractivity (Wildman–Crippen MR) is 136 cm³/mol. The minimum absolute atomic E-state index is 0.00555. The van der Waals surface area contributed by atoms with Crippen LogP contribution < -0.4 is 15.8 Å². The molecule has 8 heteroatoms. The number of anilines is 1. The van der Waals surface area contributed by atoms with Crippen LogP contribution in [0, 0.1) is 12.8 Å². The highest BCUT2D eigenvalue weighted by Crippen LogP contribution is 2.26. The van der Waals surface area contributed by atoms with Crippen LogP contribution in [-0.4, -0.2) is 35.1 Å². The van der Waals surface area contributed by atoms with E-state index >= 15 is 0 Å². The van der Waals surface area contributed by atoms with Crippen molar-refractivity contribution < 1.29 is 4.79 Å². The third-order valence-electron chi connectivity index (χ3n) is 6.15. The van der Waals surface area contributed by atoms with Crippen LogP contribution in [0.25, 0.3) is 15.9 Å². The van der Waals surface area contributed by atoms with E-state index in [4.69, 9.17) is 4.98 Å². The molecular formula is C25H26N4O2S2. The topological polar surface area (TPSA) is 67.2 Å². The molecule has 0 radical (unpaired) electrons. The summed E-state index contributed by atoms with van der Waals surface area (Å²) in [6, 6.07) is 14.0. The van der Waals surface area contributed by atoms with Gasteiger partial charge in [0.25, 0.3) is 5.56 Å². The summed E-state index contributed by atoms with van der Waals surface area (Å²) >= 11 is 3.14. The number of benzene rings is 1. The number of carbonyl (C=O) groups excluding carboxylic acids is 1. The van der Waals surface area contributed by atoms with Gasteiger partial charge in [-0.05, 0) is 61.2 Å². The molecule has 1 aliphatic heterocycles. The lowest BCUT2D eigenvalue weighted by atomic mass is 9.96. The van der Waals surface area contributed by atoms with Crippen LogP contribution in [0.3, 0.4) is 0 Å². The molecule has 1 saturated heterocycles. The number of piperidine rings is 1. The molecule has 0 saturated carbocycles. The second-order valence-electron chi connectivity index (χ2n) is 8.40. The van der Waals surface area contributed by atoms with Gasteiger partial charge in [-0.2, -0.15) is 0 Å². The first kappa shape index (κ1) is 21.9. The Morgan fingerprint density at radius 3 is 2.61 bits per heavy atom. The van der Waals surface area contributed by atoms with Crippen LogP contribution >= 0.6 is 22.7 Å². The SMILES string of the molecule is Cc1ccc(-n2c(N3CCC(C(=O)NCCc4cccs4)CC3)nc3ccsc3c2=O)cc1. The lowest BCUT2D eigenvalue weighted by Crippen LogP contribution is -2.43. The van der Waals surface area contributed by atoms with Gasteiger partial charge in [-0.3, -0.25) is 9.59 Å². The molecule has 0 atom stereocenters. The molecule has 5 rings (SSSR count). The Labute approximate surface area is 200 Å². The lowest BCUT2D eigenvalue weighted by molar-refractivity contribution is -0.125. The van der Waals surface area contributed by atoms with Crippen molar-refractivity contribution in [3.63, 3.8) is 0 Å². The highest BCUT2D eigenvalue weighted by molar-refractivity contribution is 7.17. The third kappa shape index (κ3) is 4.58. The molecule has 0 aliphatic carbocycles. The maximum Gasteiger partial charge on any atom is 0.277 e. The van der Waals surface area contributed by atoms with Crippen molar-refractivity contribution in [1.82, 2.24) is 14.9 Å². The number of fused-ring (bicyclic) bond motifs is 1. The van der Waals surface area contributed by atoms with E-state index in [-0.39, 0.29) is 17.4 Å². The summed E-state index contributed by atoms with van der Waals surface area (Å²) in [5, 5.41) is 7.07. The van der Waals surface area contributed by atoms with E-state index in [1.807, 2.05) is 48.7 Å². The maximum absolute atomic E-state index is 13.4. The van der Waals surface area contributed by atoms with Gasteiger partial charge in [-0.15, -0.1) is 22.7 Å². The first-order valence-electron chi connectivity index (χ1n) is 11.2. The second-order valence-corrected chi connectivity index (χ2v) is 10.4. The second kappa shape index (κ2) is 9.49. The van der Waals surface area contributed by atoms with Crippen molar-refractivity contribution in [3.8, 4) is 5.69 Å². The van der Waals surface area contributed by atoms with Crippen molar-refractivity contribution in [2.24, 2.45) is 5.92 Å². The summed E-state index contributed by atoms with van der Waals surface area (Å²) in [6.07, 6.45) is 2.36. The molecule has 0 unspecified atom stereocenters. The van der Waals surface area contributed by atoms with Gasteiger partial charge in [0, 0.05) is 30.4 Å². The minimum Gasteiger partial charge on any atom is -0.355 e. The van der Waals surface area contributed by atoms with Crippen LogP contribution in [0.15, 0.2) is 58.0 Å². The van der Waals surface area contributed by atoms with E-state index in [2.05, 4.69) is 21.7 Å². The van der Waals surface area contributed by atoms with Crippen molar-refractivity contribution >= 4 is 44.7 Å². The molecule has 3 aromatic heterocycles. The fourth-order valence-corrected chi connectivity index (χ4v) is 5.76. The Kier molecular flexibility index (Phi) is 6.28. The van der Waals surface area contributed by atoms with E-state index < -0.39 is 0 Å². The number of nitrogens with zero attached hydrogens (tertiary/aromatic N) is 3. The molecule has 0 bridgehead atoms. The molecule has 0 spiro atoms. The number of carbonyl (C=O) groups is 1. The van der Waals surface area contributed by atoms with Crippen molar-refractivity contribution in [1.29, 1.82) is 0 Å². The van der Waals surface area contributed by atoms with E-state index in [1.165, 1.54) is 16.2 Å². The standard InChI is InChI=1S/C25H26N4O2S2/c1-17-4-6-19(7-5-17)29-24(31)22-21(11-16-33-22)27-25(29)28-13-9-18(10-14-28)23(30)26-12-8-20-3-2-15-32-20/h2-7,11,15-16,18H,8-10,12-14H2,1H3,(H,26,30).